The van der Waals surface area contributed by atoms with Crippen LogP contribution in [0.5, 0.6) is 0 Å². The number of hydrogen-bond donors (Lipinski definition) is 2. The molecule has 1 aliphatic rings. The van der Waals surface area contributed by atoms with E-state index in [-0.39, 0.29) is 0 Å². The minimum absolute atomic E-state index is 0.407. The summed E-state index contributed by atoms with van der Waals surface area (Å²) >= 11 is 0. The molecule has 3 N–H and O–H groups in total. The SMILES string of the molecule is Nc1nc(=O)n([C@@H]2C[C@](F)(CO)[C@@H]2F)cc1F. The number of anilines is 1. The fourth-order valence-electron chi connectivity index (χ4n) is 1.83. The van der Waals surface area contributed by atoms with Crippen LogP contribution in [0.4, 0.5) is 19.0 Å². The third-order valence-corrected chi connectivity index (χ3v) is 2.93. The summed E-state index contributed by atoms with van der Waals surface area (Å²) in [5, 5.41) is 8.64. The predicted octanol–water partition coefficient (Wildman–Crippen LogP) is -0.0519. The van der Waals surface area contributed by atoms with E-state index in [9.17, 15) is 18.0 Å². The largest absolute Gasteiger partial charge is 0.393 e. The summed E-state index contributed by atoms with van der Waals surface area (Å²) in [6.07, 6.45) is -1.79. The zero-order valence-electron chi connectivity index (χ0n) is 8.61. The van der Waals surface area contributed by atoms with Crippen LogP contribution in [0.15, 0.2) is 11.0 Å². The molecule has 0 spiro atoms. The Morgan fingerprint density at radius 1 is 1.71 bits per heavy atom. The lowest BCUT2D eigenvalue weighted by Gasteiger charge is -2.44. The second-order valence-electron chi connectivity index (χ2n) is 4.03. The molecule has 1 aliphatic carbocycles. The first-order chi connectivity index (χ1) is 7.89. The number of nitrogen functional groups attached to an aromatic ring is 1. The number of aromatic nitrogens is 2. The van der Waals surface area contributed by atoms with Crippen LogP contribution >= 0.6 is 0 Å². The highest BCUT2D eigenvalue weighted by atomic mass is 19.2. The Hall–Kier alpha value is -1.57. The summed E-state index contributed by atoms with van der Waals surface area (Å²) in [5.74, 6) is -1.56. The highest BCUT2D eigenvalue weighted by molar-refractivity contribution is 5.27. The topological polar surface area (TPSA) is 81.1 Å². The monoisotopic (exact) mass is 249 g/mol. The van der Waals surface area contributed by atoms with Crippen LogP contribution in [0.2, 0.25) is 0 Å². The molecule has 0 aromatic carbocycles. The molecule has 0 amide bonds. The zero-order valence-corrected chi connectivity index (χ0v) is 8.61. The van der Waals surface area contributed by atoms with Gasteiger partial charge in [0.1, 0.15) is 0 Å². The fraction of sp³-hybridized carbons (Fsp3) is 0.556. The molecule has 0 radical (unpaired) electrons. The maximum Gasteiger partial charge on any atom is 0.350 e. The van der Waals surface area contributed by atoms with Crippen LogP contribution in [0.1, 0.15) is 12.5 Å². The summed E-state index contributed by atoms with van der Waals surface area (Å²) < 4.78 is 40.6. The molecule has 0 unspecified atom stereocenters. The summed E-state index contributed by atoms with van der Waals surface area (Å²) in [4.78, 5) is 14.5. The van der Waals surface area contributed by atoms with Gasteiger partial charge >= 0.3 is 5.69 Å². The van der Waals surface area contributed by atoms with Crippen LogP contribution in [0.25, 0.3) is 0 Å². The van der Waals surface area contributed by atoms with E-state index < -0.39 is 48.2 Å². The molecule has 0 bridgehead atoms. The second kappa shape index (κ2) is 3.73. The number of halogens is 3. The van der Waals surface area contributed by atoms with Gasteiger partial charge in [0.15, 0.2) is 23.5 Å². The molecule has 1 heterocycles. The van der Waals surface area contributed by atoms with Crippen molar-refractivity contribution < 1.29 is 18.3 Å². The molecule has 1 fully saturated rings. The Balaban J connectivity index is 2.33. The summed E-state index contributed by atoms with van der Waals surface area (Å²) in [6.45, 7) is -0.982. The van der Waals surface area contributed by atoms with E-state index in [2.05, 4.69) is 4.98 Å². The van der Waals surface area contributed by atoms with Gasteiger partial charge in [0.2, 0.25) is 0 Å². The first-order valence-electron chi connectivity index (χ1n) is 4.87. The van der Waals surface area contributed by atoms with Crippen LogP contribution in [0, 0.1) is 5.82 Å². The Bertz CT molecular complexity index is 507. The lowest BCUT2D eigenvalue weighted by Crippen LogP contribution is -2.57. The van der Waals surface area contributed by atoms with E-state index >= 15 is 0 Å². The molecule has 1 saturated carbocycles. The highest BCUT2D eigenvalue weighted by Crippen LogP contribution is 2.46. The van der Waals surface area contributed by atoms with Crippen molar-refractivity contribution in [1.29, 1.82) is 0 Å². The van der Waals surface area contributed by atoms with E-state index in [0.717, 1.165) is 0 Å². The molecular formula is C9H10F3N3O2. The number of hydrogen-bond acceptors (Lipinski definition) is 4. The Morgan fingerprint density at radius 3 is 2.88 bits per heavy atom. The number of aliphatic hydroxyl groups is 1. The zero-order chi connectivity index (χ0) is 12.8. The standard InChI is InChI=1S/C9H10F3N3O2/c10-4-2-15(8(17)14-7(4)13)5-1-9(12,3-16)6(5)11/h2,5-6,16H,1,3H2,(H2,13,14,17)/t5-,6-,9+/m1/s1. The van der Waals surface area contributed by atoms with Crippen LogP contribution < -0.4 is 11.4 Å². The molecule has 2 rings (SSSR count). The maximum atomic E-state index is 13.5. The van der Waals surface area contributed by atoms with Crippen molar-refractivity contribution in [2.24, 2.45) is 0 Å². The van der Waals surface area contributed by atoms with E-state index in [0.29, 0.717) is 10.8 Å². The van der Waals surface area contributed by atoms with Gasteiger partial charge in [0, 0.05) is 12.6 Å². The molecule has 8 heteroatoms. The van der Waals surface area contributed by atoms with Crippen molar-refractivity contribution in [3.8, 4) is 0 Å². The van der Waals surface area contributed by atoms with E-state index in [1.54, 1.807) is 0 Å². The van der Waals surface area contributed by atoms with Gasteiger partial charge in [-0.15, -0.1) is 0 Å². The van der Waals surface area contributed by atoms with Gasteiger partial charge in [0.25, 0.3) is 0 Å². The molecule has 0 saturated heterocycles. The van der Waals surface area contributed by atoms with Crippen molar-refractivity contribution >= 4 is 5.82 Å². The molecule has 3 atom stereocenters. The highest BCUT2D eigenvalue weighted by Gasteiger charge is 2.57. The van der Waals surface area contributed by atoms with Gasteiger partial charge in [0.05, 0.1) is 12.6 Å². The Kier molecular flexibility index (Phi) is 2.61. The fourth-order valence-corrected chi connectivity index (χ4v) is 1.83. The van der Waals surface area contributed by atoms with E-state index in [1.165, 1.54) is 0 Å². The maximum absolute atomic E-state index is 13.5. The smallest absolute Gasteiger partial charge is 0.350 e. The van der Waals surface area contributed by atoms with Crippen LogP contribution in [-0.2, 0) is 0 Å². The number of nitrogens with zero attached hydrogens (tertiary/aromatic N) is 2. The van der Waals surface area contributed by atoms with Gasteiger partial charge in [-0.3, -0.25) is 4.57 Å². The van der Waals surface area contributed by atoms with Crippen molar-refractivity contribution in [2.75, 3.05) is 12.3 Å². The summed E-state index contributed by atoms with van der Waals surface area (Å²) in [5.41, 5.74) is 1.74. The van der Waals surface area contributed by atoms with Crippen molar-refractivity contribution in [2.45, 2.75) is 24.3 Å². The normalized spacial score (nSPS) is 32.2. The Labute approximate surface area is 93.7 Å². The van der Waals surface area contributed by atoms with Gasteiger partial charge in [-0.1, -0.05) is 0 Å². The third-order valence-electron chi connectivity index (χ3n) is 2.93. The lowest BCUT2D eigenvalue weighted by atomic mass is 9.75. The van der Waals surface area contributed by atoms with Gasteiger partial charge in [-0.2, -0.15) is 4.98 Å². The van der Waals surface area contributed by atoms with E-state index in [4.69, 9.17) is 10.8 Å². The molecule has 0 aliphatic heterocycles. The second-order valence-corrected chi connectivity index (χ2v) is 4.03. The van der Waals surface area contributed by atoms with Crippen molar-refractivity contribution in [1.82, 2.24) is 9.55 Å². The van der Waals surface area contributed by atoms with Crippen molar-refractivity contribution in [3.63, 3.8) is 0 Å². The Morgan fingerprint density at radius 2 is 2.35 bits per heavy atom. The number of aliphatic hydroxyl groups excluding tert-OH is 1. The molecule has 5 nitrogen and oxygen atoms in total. The third kappa shape index (κ3) is 1.68. The summed E-state index contributed by atoms with van der Waals surface area (Å²) in [6, 6.07) is -1.16. The van der Waals surface area contributed by atoms with Crippen LogP contribution in [0.3, 0.4) is 0 Å². The molecule has 1 aromatic heterocycles. The molecular weight excluding hydrogens is 239 g/mol. The molecule has 17 heavy (non-hydrogen) atoms. The van der Waals surface area contributed by atoms with Crippen molar-refractivity contribution in [3.05, 3.63) is 22.5 Å². The van der Waals surface area contributed by atoms with Crippen LogP contribution in [-0.4, -0.2) is 33.1 Å². The average Bonchev–Trinajstić information content (AvgIpc) is 2.30. The minimum atomic E-state index is -2.37. The van der Waals surface area contributed by atoms with Gasteiger partial charge in [-0.25, -0.2) is 18.0 Å². The molecule has 94 valence electrons. The predicted molar refractivity (Wildman–Crippen MR) is 52.3 cm³/mol. The summed E-state index contributed by atoms with van der Waals surface area (Å²) in [7, 11) is 0. The first kappa shape index (κ1) is 11.9. The number of nitrogens with two attached hydrogens (primary N) is 1. The molecule has 1 aromatic rings. The first-order valence-corrected chi connectivity index (χ1v) is 4.87. The van der Waals surface area contributed by atoms with Gasteiger partial charge < -0.3 is 10.8 Å². The lowest BCUT2D eigenvalue weighted by molar-refractivity contribution is -0.113. The minimum Gasteiger partial charge on any atom is -0.393 e. The van der Waals surface area contributed by atoms with E-state index in [1.807, 2.05) is 0 Å². The van der Waals surface area contributed by atoms with Gasteiger partial charge in [-0.05, 0) is 0 Å². The quantitative estimate of drug-likeness (QED) is 0.769. The average molecular weight is 249 g/mol. The number of alkyl halides is 2. The number of rotatable bonds is 2.